The number of hydrogen-bond acceptors (Lipinski definition) is 5. The highest BCUT2D eigenvalue weighted by Gasteiger charge is 2.16. The lowest BCUT2D eigenvalue weighted by atomic mass is 10.1. The van der Waals surface area contributed by atoms with E-state index in [9.17, 15) is 14.9 Å². The van der Waals surface area contributed by atoms with Crippen LogP contribution in [0, 0.1) is 16.0 Å². The molecule has 0 fully saturated rings. The number of ether oxygens (including phenoxy) is 1. The predicted octanol–water partition coefficient (Wildman–Crippen LogP) is 2.13. The van der Waals surface area contributed by atoms with Gasteiger partial charge in [-0.25, -0.2) is 0 Å². The van der Waals surface area contributed by atoms with Crippen molar-refractivity contribution < 1.29 is 19.6 Å². The van der Waals surface area contributed by atoms with Gasteiger partial charge in [0.1, 0.15) is 11.4 Å². The second kappa shape index (κ2) is 6.58. The van der Waals surface area contributed by atoms with E-state index in [0.29, 0.717) is 18.0 Å². The number of carboxylic acid groups (broad SMARTS) is 1. The molecule has 0 spiro atoms. The Labute approximate surface area is 110 Å². The smallest absolute Gasteiger partial charge is 0.303 e. The van der Waals surface area contributed by atoms with Crippen molar-refractivity contribution in [2.75, 3.05) is 19.0 Å². The number of hydrogen-bond donors (Lipinski definition) is 2. The number of carboxylic acids is 1. The van der Waals surface area contributed by atoms with Gasteiger partial charge >= 0.3 is 5.97 Å². The number of anilines is 1. The van der Waals surface area contributed by atoms with E-state index in [-0.39, 0.29) is 18.0 Å². The van der Waals surface area contributed by atoms with Crippen molar-refractivity contribution in [1.29, 1.82) is 0 Å². The SMILES string of the molecule is COc1ccc(NCC(C)CC(=O)O)c([N+](=O)[O-])c1. The molecule has 0 heterocycles. The van der Waals surface area contributed by atoms with Gasteiger partial charge in [-0.3, -0.25) is 14.9 Å². The van der Waals surface area contributed by atoms with Crippen LogP contribution in [0.4, 0.5) is 11.4 Å². The zero-order chi connectivity index (χ0) is 14.4. The summed E-state index contributed by atoms with van der Waals surface area (Å²) in [6.07, 6.45) is 0.0109. The Morgan fingerprint density at radius 1 is 1.58 bits per heavy atom. The standard InChI is InChI=1S/C12H16N2O5/c1-8(5-12(15)16)7-13-10-4-3-9(19-2)6-11(10)14(17)18/h3-4,6,8,13H,5,7H2,1-2H3,(H,15,16). The summed E-state index contributed by atoms with van der Waals surface area (Å²) in [5, 5.41) is 22.5. The van der Waals surface area contributed by atoms with E-state index in [4.69, 9.17) is 9.84 Å². The minimum atomic E-state index is -0.890. The lowest BCUT2D eigenvalue weighted by Gasteiger charge is -2.12. The van der Waals surface area contributed by atoms with Crippen molar-refractivity contribution in [2.45, 2.75) is 13.3 Å². The van der Waals surface area contributed by atoms with Crippen LogP contribution >= 0.6 is 0 Å². The summed E-state index contributed by atoms with van der Waals surface area (Å²) < 4.78 is 4.93. The van der Waals surface area contributed by atoms with E-state index in [1.807, 2.05) is 0 Å². The first-order valence-electron chi connectivity index (χ1n) is 5.72. The molecule has 1 rings (SSSR count). The third-order valence-corrected chi connectivity index (χ3v) is 2.57. The average Bonchev–Trinajstić information content (AvgIpc) is 2.35. The molecule has 2 N–H and O–H groups in total. The molecule has 0 aliphatic heterocycles. The summed E-state index contributed by atoms with van der Waals surface area (Å²) in [5.74, 6) is -0.617. The van der Waals surface area contributed by atoms with Crippen LogP contribution in [0.3, 0.4) is 0 Å². The van der Waals surface area contributed by atoms with Crippen LogP contribution in [-0.2, 0) is 4.79 Å². The number of nitrogens with zero attached hydrogens (tertiary/aromatic N) is 1. The lowest BCUT2D eigenvalue weighted by molar-refractivity contribution is -0.384. The highest BCUT2D eigenvalue weighted by atomic mass is 16.6. The third kappa shape index (κ3) is 4.46. The number of nitrogens with one attached hydrogen (secondary N) is 1. The van der Waals surface area contributed by atoms with E-state index in [2.05, 4.69) is 5.32 Å². The maximum absolute atomic E-state index is 10.9. The van der Waals surface area contributed by atoms with Gasteiger partial charge in [-0.15, -0.1) is 0 Å². The number of methoxy groups -OCH3 is 1. The minimum absolute atomic E-state index is 0.0109. The number of carbonyl (C=O) groups is 1. The molecule has 0 amide bonds. The van der Waals surface area contributed by atoms with Crippen LogP contribution in [0.5, 0.6) is 5.75 Å². The molecule has 0 bridgehead atoms. The molecule has 0 aliphatic rings. The number of rotatable bonds is 7. The van der Waals surface area contributed by atoms with Gasteiger partial charge in [0.15, 0.2) is 0 Å². The third-order valence-electron chi connectivity index (χ3n) is 2.57. The number of nitro groups is 1. The van der Waals surface area contributed by atoms with Gasteiger partial charge in [0.2, 0.25) is 0 Å². The van der Waals surface area contributed by atoms with Crippen molar-refractivity contribution in [1.82, 2.24) is 0 Å². The first-order valence-corrected chi connectivity index (χ1v) is 5.72. The van der Waals surface area contributed by atoms with E-state index in [1.165, 1.54) is 13.2 Å². The van der Waals surface area contributed by atoms with Gasteiger partial charge in [0, 0.05) is 13.0 Å². The molecule has 1 aromatic carbocycles. The van der Waals surface area contributed by atoms with Gasteiger partial charge in [-0.1, -0.05) is 6.92 Å². The molecule has 1 unspecified atom stereocenters. The quantitative estimate of drug-likeness (QED) is 0.580. The molecule has 7 nitrogen and oxygen atoms in total. The Kier molecular flexibility index (Phi) is 5.11. The summed E-state index contributed by atoms with van der Waals surface area (Å²) in [5.41, 5.74) is 0.255. The molecular weight excluding hydrogens is 252 g/mol. The largest absolute Gasteiger partial charge is 0.496 e. The van der Waals surface area contributed by atoms with Gasteiger partial charge in [0.05, 0.1) is 18.1 Å². The molecule has 104 valence electrons. The first kappa shape index (κ1) is 14.7. The molecule has 0 radical (unpaired) electrons. The normalized spacial score (nSPS) is 11.7. The van der Waals surface area contributed by atoms with Crippen LogP contribution < -0.4 is 10.1 Å². The van der Waals surface area contributed by atoms with E-state index in [0.717, 1.165) is 0 Å². The highest BCUT2D eigenvalue weighted by molar-refractivity contribution is 5.67. The van der Waals surface area contributed by atoms with Gasteiger partial charge in [-0.2, -0.15) is 0 Å². The van der Waals surface area contributed by atoms with E-state index >= 15 is 0 Å². The molecule has 19 heavy (non-hydrogen) atoms. The Bertz CT molecular complexity index is 475. The maximum Gasteiger partial charge on any atom is 0.303 e. The second-order valence-corrected chi connectivity index (χ2v) is 4.22. The highest BCUT2D eigenvalue weighted by Crippen LogP contribution is 2.29. The van der Waals surface area contributed by atoms with E-state index in [1.54, 1.807) is 19.1 Å². The summed E-state index contributed by atoms with van der Waals surface area (Å²) in [4.78, 5) is 20.9. The maximum atomic E-state index is 10.9. The fraction of sp³-hybridized carbons (Fsp3) is 0.417. The number of nitro benzene ring substituents is 1. The fourth-order valence-corrected chi connectivity index (χ4v) is 1.59. The van der Waals surface area contributed by atoms with E-state index < -0.39 is 10.9 Å². The summed E-state index contributed by atoms with van der Waals surface area (Å²) >= 11 is 0. The minimum Gasteiger partial charge on any atom is -0.496 e. The van der Waals surface area contributed by atoms with Gasteiger partial charge in [0.25, 0.3) is 5.69 Å². The van der Waals surface area contributed by atoms with Crippen LogP contribution in [0.2, 0.25) is 0 Å². The zero-order valence-corrected chi connectivity index (χ0v) is 10.8. The lowest BCUT2D eigenvalue weighted by Crippen LogP contribution is -2.15. The van der Waals surface area contributed by atoms with Crippen molar-refractivity contribution in [2.24, 2.45) is 5.92 Å². The van der Waals surface area contributed by atoms with Crippen molar-refractivity contribution in [3.8, 4) is 5.75 Å². The van der Waals surface area contributed by atoms with Crippen molar-refractivity contribution in [3.63, 3.8) is 0 Å². The average molecular weight is 268 g/mol. The topological polar surface area (TPSA) is 102 Å². The predicted molar refractivity (Wildman–Crippen MR) is 69.6 cm³/mol. The van der Waals surface area contributed by atoms with Crippen molar-refractivity contribution in [3.05, 3.63) is 28.3 Å². The van der Waals surface area contributed by atoms with Crippen LogP contribution in [-0.4, -0.2) is 29.7 Å². The Balaban J connectivity index is 2.77. The monoisotopic (exact) mass is 268 g/mol. The van der Waals surface area contributed by atoms with Crippen LogP contribution in [0.25, 0.3) is 0 Å². The molecule has 1 aromatic rings. The molecule has 7 heteroatoms. The molecule has 0 aliphatic carbocycles. The Hall–Kier alpha value is -2.31. The molecule has 0 aromatic heterocycles. The Morgan fingerprint density at radius 3 is 2.79 bits per heavy atom. The summed E-state index contributed by atoms with van der Waals surface area (Å²) in [6, 6.07) is 4.48. The van der Waals surface area contributed by atoms with Gasteiger partial charge in [-0.05, 0) is 18.1 Å². The number of aliphatic carboxylic acids is 1. The molecule has 0 saturated heterocycles. The first-order chi connectivity index (χ1) is 8.93. The summed E-state index contributed by atoms with van der Waals surface area (Å²) in [6.45, 7) is 2.11. The molecule has 0 saturated carbocycles. The summed E-state index contributed by atoms with van der Waals surface area (Å²) in [7, 11) is 1.43. The number of benzene rings is 1. The molecular formula is C12H16N2O5. The fourth-order valence-electron chi connectivity index (χ4n) is 1.59. The van der Waals surface area contributed by atoms with Crippen LogP contribution in [0.1, 0.15) is 13.3 Å². The molecule has 1 atom stereocenters. The van der Waals surface area contributed by atoms with Crippen molar-refractivity contribution >= 4 is 17.3 Å². The van der Waals surface area contributed by atoms with Gasteiger partial charge < -0.3 is 15.2 Å². The van der Waals surface area contributed by atoms with Crippen LogP contribution in [0.15, 0.2) is 18.2 Å². The second-order valence-electron chi connectivity index (χ2n) is 4.22. The Morgan fingerprint density at radius 2 is 2.26 bits per heavy atom. The zero-order valence-electron chi connectivity index (χ0n) is 10.8.